The summed E-state index contributed by atoms with van der Waals surface area (Å²) in [5, 5.41) is 2.91. The largest absolute Gasteiger partial charge is 0.378 e. The molecule has 1 amide bonds. The minimum Gasteiger partial charge on any atom is -0.378 e. The van der Waals surface area contributed by atoms with Crippen LogP contribution in [0.15, 0.2) is 30.3 Å². The second kappa shape index (κ2) is 5.66. The number of hydrogen-bond acceptors (Lipinski definition) is 2. The zero-order chi connectivity index (χ0) is 11.2. The number of rotatable bonds is 4. The summed E-state index contributed by atoms with van der Waals surface area (Å²) in [5.74, 6) is 0.0794. The summed E-state index contributed by atoms with van der Waals surface area (Å²) in [4.78, 5) is 11.6. The predicted octanol–water partition coefficient (Wildman–Crippen LogP) is 1.87. The lowest BCUT2D eigenvalue weighted by molar-refractivity contribution is -0.123. The summed E-state index contributed by atoms with van der Waals surface area (Å²) < 4.78 is 5.41. The molecule has 0 aliphatic carbocycles. The minimum absolute atomic E-state index is 0.0794. The van der Waals surface area contributed by atoms with Gasteiger partial charge in [-0.3, -0.25) is 4.79 Å². The molecule has 1 aromatic rings. The SMILES string of the molecule is O=C(CC1CCCO1)NCc1ccccc1. The average molecular weight is 219 g/mol. The number of carbonyl (C=O) groups excluding carboxylic acids is 1. The molecule has 3 nitrogen and oxygen atoms in total. The number of benzene rings is 1. The highest BCUT2D eigenvalue weighted by molar-refractivity contribution is 5.76. The summed E-state index contributed by atoms with van der Waals surface area (Å²) in [7, 11) is 0. The van der Waals surface area contributed by atoms with Gasteiger partial charge in [0.2, 0.25) is 5.91 Å². The van der Waals surface area contributed by atoms with Gasteiger partial charge in [0.15, 0.2) is 0 Å². The number of carbonyl (C=O) groups is 1. The Labute approximate surface area is 95.8 Å². The van der Waals surface area contributed by atoms with Gasteiger partial charge < -0.3 is 10.1 Å². The van der Waals surface area contributed by atoms with Gasteiger partial charge in [0.05, 0.1) is 12.5 Å². The first-order chi connectivity index (χ1) is 7.84. The zero-order valence-electron chi connectivity index (χ0n) is 9.32. The van der Waals surface area contributed by atoms with E-state index in [-0.39, 0.29) is 12.0 Å². The third-order valence-electron chi connectivity index (χ3n) is 2.77. The van der Waals surface area contributed by atoms with Gasteiger partial charge in [-0.25, -0.2) is 0 Å². The van der Waals surface area contributed by atoms with E-state index in [1.165, 1.54) is 0 Å². The van der Waals surface area contributed by atoms with Crippen molar-refractivity contribution in [3.63, 3.8) is 0 Å². The first kappa shape index (κ1) is 11.1. The van der Waals surface area contributed by atoms with Crippen LogP contribution < -0.4 is 5.32 Å². The maximum atomic E-state index is 11.6. The molecule has 1 fully saturated rings. The molecule has 0 spiro atoms. The van der Waals surface area contributed by atoms with Crippen molar-refractivity contribution in [2.45, 2.75) is 31.9 Å². The molecule has 86 valence electrons. The average Bonchev–Trinajstić information content (AvgIpc) is 2.81. The third kappa shape index (κ3) is 3.35. The quantitative estimate of drug-likeness (QED) is 0.839. The second-order valence-corrected chi connectivity index (χ2v) is 4.10. The van der Waals surface area contributed by atoms with Crippen molar-refractivity contribution in [3.05, 3.63) is 35.9 Å². The van der Waals surface area contributed by atoms with E-state index in [2.05, 4.69) is 5.32 Å². The van der Waals surface area contributed by atoms with Crippen molar-refractivity contribution in [1.29, 1.82) is 0 Å². The number of ether oxygens (including phenoxy) is 1. The maximum Gasteiger partial charge on any atom is 0.222 e. The highest BCUT2D eigenvalue weighted by atomic mass is 16.5. The van der Waals surface area contributed by atoms with E-state index in [1.807, 2.05) is 30.3 Å². The molecule has 1 aromatic carbocycles. The molecular formula is C13H17NO2. The van der Waals surface area contributed by atoms with Crippen LogP contribution in [0.1, 0.15) is 24.8 Å². The lowest BCUT2D eigenvalue weighted by Crippen LogP contribution is -2.26. The highest BCUT2D eigenvalue weighted by Crippen LogP contribution is 2.14. The normalized spacial score (nSPS) is 19.6. The van der Waals surface area contributed by atoms with Gasteiger partial charge in [-0.2, -0.15) is 0 Å². The zero-order valence-corrected chi connectivity index (χ0v) is 9.32. The fraction of sp³-hybridized carbons (Fsp3) is 0.462. The van der Waals surface area contributed by atoms with Crippen LogP contribution in [0.4, 0.5) is 0 Å². The van der Waals surface area contributed by atoms with E-state index < -0.39 is 0 Å². The van der Waals surface area contributed by atoms with Gasteiger partial charge in [0.1, 0.15) is 0 Å². The first-order valence-electron chi connectivity index (χ1n) is 5.77. The monoisotopic (exact) mass is 219 g/mol. The van der Waals surface area contributed by atoms with E-state index in [0.717, 1.165) is 25.0 Å². The Hall–Kier alpha value is -1.35. The van der Waals surface area contributed by atoms with E-state index in [0.29, 0.717) is 13.0 Å². The molecule has 1 unspecified atom stereocenters. The van der Waals surface area contributed by atoms with Gasteiger partial charge >= 0.3 is 0 Å². The lowest BCUT2D eigenvalue weighted by Gasteiger charge is -2.09. The van der Waals surface area contributed by atoms with E-state index in [4.69, 9.17) is 4.74 Å². The van der Waals surface area contributed by atoms with Crippen LogP contribution in [0.3, 0.4) is 0 Å². The Morgan fingerprint density at radius 3 is 2.88 bits per heavy atom. The van der Waals surface area contributed by atoms with Crippen molar-refractivity contribution in [2.24, 2.45) is 0 Å². The Morgan fingerprint density at radius 2 is 2.19 bits per heavy atom. The molecule has 0 saturated carbocycles. The molecular weight excluding hydrogens is 202 g/mol. The molecule has 1 aliphatic rings. The van der Waals surface area contributed by atoms with Crippen molar-refractivity contribution in [2.75, 3.05) is 6.61 Å². The molecule has 1 N–H and O–H groups in total. The highest BCUT2D eigenvalue weighted by Gasteiger charge is 2.18. The number of nitrogens with one attached hydrogen (secondary N) is 1. The summed E-state index contributed by atoms with van der Waals surface area (Å²) >= 11 is 0. The Balaban J connectivity index is 1.71. The summed E-state index contributed by atoms with van der Waals surface area (Å²) in [5.41, 5.74) is 1.13. The minimum atomic E-state index is 0.0794. The molecule has 3 heteroatoms. The Bertz CT molecular complexity index is 331. The van der Waals surface area contributed by atoms with Crippen LogP contribution in [-0.4, -0.2) is 18.6 Å². The van der Waals surface area contributed by atoms with Crippen LogP contribution >= 0.6 is 0 Å². The first-order valence-corrected chi connectivity index (χ1v) is 5.77. The third-order valence-corrected chi connectivity index (χ3v) is 2.77. The van der Waals surface area contributed by atoms with Crippen LogP contribution in [0, 0.1) is 0 Å². The fourth-order valence-corrected chi connectivity index (χ4v) is 1.88. The van der Waals surface area contributed by atoms with Gasteiger partial charge in [0.25, 0.3) is 0 Å². The van der Waals surface area contributed by atoms with Gasteiger partial charge in [-0.05, 0) is 18.4 Å². The van der Waals surface area contributed by atoms with E-state index in [9.17, 15) is 4.79 Å². The van der Waals surface area contributed by atoms with Crippen LogP contribution in [0.5, 0.6) is 0 Å². The second-order valence-electron chi connectivity index (χ2n) is 4.10. The molecule has 0 bridgehead atoms. The molecule has 1 heterocycles. The van der Waals surface area contributed by atoms with Crippen molar-refractivity contribution in [3.8, 4) is 0 Å². The summed E-state index contributed by atoms with van der Waals surface area (Å²) in [6.45, 7) is 1.41. The smallest absolute Gasteiger partial charge is 0.222 e. The molecule has 0 radical (unpaired) electrons. The van der Waals surface area contributed by atoms with Crippen LogP contribution in [0.2, 0.25) is 0 Å². The molecule has 1 aliphatic heterocycles. The molecule has 0 aromatic heterocycles. The summed E-state index contributed by atoms with van der Waals surface area (Å²) in [6.07, 6.45) is 2.72. The van der Waals surface area contributed by atoms with Crippen molar-refractivity contribution in [1.82, 2.24) is 5.32 Å². The fourth-order valence-electron chi connectivity index (χ4n) is 1.88. The van der Waals surface area contributed by atoms with Gasteiger partial charge in [-0.15, -0.1) is 0 Å². The van der Waals surface area contributed by atoms with E-state index >= 15 is 0 Å². The number of hydrogen-bond donors (Lipinski definition) is 1. The maximum absolute atomic E-state index is 11.6. The lowest BCUT2D eigenvalue weighted by atomic mass is 10.1. The predicted molar refractivity (Wildman–Crippen MR) is 61.9 cm³/mol. The van der Waals surface area contributed by atoms with Gasteiger partial charge in [0, 0.05) is 13.2 Å². The van der Waals surface area contributed by atoms with Crippen LogP contribution in [-0.2, 0) is 16.1 Å². The molecule has 1 atom stereocenters. The molecule has 2 rings (SSSR count). The van der Waals surface area contributed by atoms with Crippen molar-refractivity contribution < 1.29 is 9.53 Å². The summed E-state index contributed by atoms with van der Waals surface area (Å²) in [6, 6.07) is 9.93. The van der Waals surface area contributed by atoms with Gasteiger partial charge in [-0.1, -0.05) is 30.3 Å². The topological polar surface area (TPSA) is 38.3 Å². The Morgan fingerprint density at radius 1 is 1.38 bits per heavy atom. The standard InChI is InChI=1S/C13H17NO2/c15-13(9-12-7-4-8-16-12)14-10-11-5-2-1-3-6-11/h1-3,5-6,12H,4,7-10H2,(H,14,15). The van der Waals surface area contributed by atoms with Crippen molar-refractivity contribution >= 4 is 5.91 Å². The van der Waals surface area contributed by atoms with Crippen LogP contribution in [0.25, 0.3) is 0 Å². The number of amides is 1. The van der Waals surface area contributed by atoms with E-state index in [1.54, 1.807) is 0 Å². The Kier molecular flexibility index (Phi) is 3.94. The molecule has 16 heavy (non-hydrogen) atoms. The molecule has 1 saturated heterocycles.